The number of rotatable bonds is 5. The molecular formula is C25H23ClN2O4S. The van der Waals surface area contributed by atoms with Crippen molar-refractivity contribution in [1.29, 1.82) is 0 Å². The van der Waals surface area contributed by atoms with Crippen LogP contribution in [0.2, 0.25) is 5.02 Å². The summed E-state index contributed by atoms with van der Waals surface area (Å²) in [5, 5.41) is 10.7. The number of nitrogens with one attached hydrogen (secondary N) is 2. The molecule has 0 spiro atoms. The number of halogens is 1. The minimum absolute atomic E-state index is 0.0177. The average Bonchev–Trinajstić information content (AvgIpc) is 3.12. The quantitative estimate of drug-likeness (QED) is 0.311. The number of carboxylic acid groups (broad SMARTS) is 1. The Balaban J connectivity index is 1.77. The molecule has 0 fully saturated rings. The first-order valence-corrected chi connectivity index (χ1v) is 12.1. The van der Waals surface area contributed by atoms with E-state index < -0.39 is 16.0 Å². The minimum Gasteiger partial charge on any atom is -0.477 e. The van der Waals surface area contributed by atoms with Crippen LogP contribution in [0.5, 0.6) is 0 Å². The Hall–Kier alpha value is -3.29. The van der Waals surface area contributed by atoms with Gasteiger partial charge in [0.25, 0.3) is 10.0 Å². The maximum atomic E-state index is 13.0. The number of carboxylic acids is 1. The number of sulfonamides is 1. The van der Waals surface area contributed by atoms with E-state index in [2.05, 4.69) is 30.5 Å². The first kappa shape index (κ1) is 22.9. The maximum absolute atomic E-state index is 13.0. The van der Waals surface area contributed by atoms with Gasteiger partial charge in [0.15, 0.2) is 0 Å². The number of aromatic carboxylic acids is 1. The number of H-pyrrole nitrogens is 1. The van der Waals surface area contributed by atoms with E-state index in [0.717, 1.165) is 5.56 Å². The molecule has 0 radical (unpaired) electrons. The van der Waals surface area contributed by atoms with E-state index in [-0.39, 0.29) is 16.0 Å². The molecule has 0 unspecified atom stereocenters. The molecule has 1 heterocycles. The zero-order valence-corrected chi connectivity index (χ0v) is 19.9. The Kier molecular flexibility index (Phi) is 5.72. The highest BCUT2D eigenvalue weighted by atomic mass is 35.5. The number of hydrogen-bond acceptors (Lipinski definition) is 3. The monoisotopic (exact) mass is 482 g/mol. The van der Waals surface area contributed by atoms with Gasteiger partial charge in [0.2, 0.25) is 0 Å². The first-order chi connectivity index (χ1) is 15.5. The first-order valence-electron chi connectivity index (χ1n) is 10.2. The molecule has 4 rings (SSSR count). The SMILES string of the molecule is CC(C)(C)c1ccc(S(=O)(=O)Nc2ccc3[nH]c(C(=O)O)c(-c4ccccc4Cl)c3c2)cc1. The van der Waals surface area contributed by atoms with E-state index >= 15 is 0 Å². The Morgan fingerprint density at radius 1 is 1.00 bits per heavy atom. The molecule has 0 bridgehead atoms. The third-order valence-electron chi connectivity index (χ3n) is 5.44. The van der Waals surface area contributed by atoms with Gasteiger partial charge in [0.05, 0.1) is 4.90 Å². The molecule has 4 aromatic rings. The summed E-state index contributed by atoms with van der Waals surface area (Å²) >= 11 is 6.35. The summed E-state index contributed by atoms with van der Waals surface area (Å²) < 4.78 is 28.6. The molecule has 0 aliphatic carbocycles. The molecule has 33 heavy (non-hydrogen) atoms. The van der Waals surface area contributed by atoms with Crippen molar-refractivity contribution in [1.82, 2.24) is 4.98 Å². The van der Waals surface area contributed by atoms with Crippen LogP contribution in [0.25, 0.3) is 22.0 Å². The van der Waals surface area contributed by atoms with Crippen LogP contribution in [-0.2, 0) is 15.4 Å². The van der Waals surface area contributed by atoms with Crippen molar-refractivity contribution < 1.29 is 18.3 Å². The maximum Gasteiger partial charge on any atom is 0.352 e. The van der Waals surface area contributed by atoms with Crippen LogP contribution in [0.4, 0.5) is 5.69 Å². The lowest BCUT2D eigenvalue weighted by Gasteiger charge is -2.19. The van der Waals surface area contributed by atoms with Gasteiger partial charge in [-0.15, -0.1) is 0 Å². The third kappa shape index (κ3) is 4.47. The second-order valence-corrected chi connectivity index (χ2v) is 10.9. The number of benzene rings is 3. The van der Waals surface area contributed by atoms with Crippen molar-refractivity contribution in [3.05, 3.63) is 83.0 Å². The molecule has 170 valence electrons. The lowest BCUT2D eigenvalue weighted by molar-refractivity contribution is 0.0692. The van der Waals surface area contributed by atoms with Crippen LogP contribution in [0.1, 0.15) is 36.8 Å². The summed E-state index contributed by atoms with van der Waals surface area (Å²) in [7, 11) is -3.84. The number of hydrogen-bond donors (Lipinski definition) is 3. The van der Waals surface area contributed by atoms with Crippen LogP contribution < -0.4 is 4.72 Å². The molecule has 3 N–H and O–H groups in total. The average molecular weight is 483 g/mol. The molecule has 0 saturated carbocycles. The number of anilines is 1. The van der Waals surface area contributed by atoms with Crippen molar-refractivity contribution in [2.24, 2.45) is 0 Å². The van der Waals surface area contributed by atoms with Crippen molar-refractivity contribution in [2.45, 2.75) is 31.1 Å². The Labute approximate surface area is 197 Å². The molecule has 6 nitrogen and oxygen atoms in total. The zero-order valence-electron chi connectivity index (χ0n) is 18.3. The van der Waals surface area contributed by atoms with Gasteiger partial charge in [-0.1, -0.05) is 62.7 Å². The summed E-state index contributed by atoms with van der Waals surface area (Å²) in [6.45, 7) is 6.18. The van der Waals surface area contributed by atoms with Gasteiger partial charge in [-0.2, -0.15) is 0 Å². The zero-order chi connectivity index (χ0) is 24.0. The van der Waals surface area contributed by atoms with E-state index in [1.807, 2.05) is 0 Å². The Bertz CT molecular complexity index is 1470. The van der Waals surface area contributed by atoms with E-state index in [1.165, 1.54) is 0 Å². The fourth-order valence-corrected chi connectivity index (χ4v) is 4.99. The highest BCUT2D eigenvalue weighted by Gasteiger charge is 2.22. The summed E-state index contributed by atoms with van der Waals surface area (Å²) in [4.78, 5) is 14.9. The van der Waals surface area contributed by atoms with Crippen LogP contribution in [-0.4, -0.2) is 24.5 Å². The van der Waals surface area contributed by atoms with Gasteiger partial charge in [0, 0.05) is 32.7 Å². The highest BCUT2D eigenvalue weighted by molar-refractivity contribution is 7.92. The summed E-state index contributed by atoms with van der Waals surface area (Å²) in [6.07, 6.45) is 0. The molecule has 3 aromatic carbocycles. The van der Waals surface area contributed by atoms with Gasteiger partial charge < -0.3 is 10.1 Å². The van der Waals surface area contributed by atoms with Crippen molar-refractivity contribution >= 4 is 44.2 Å². The van der Waals surface area contributed by atoms with Crippen LogP contribution in [0.15, 0.2) is 71.6 Å². The van der Waals surface area contributed by atoms with Crippen LogP contribution in [0, 0.1) is 0 Å². The minimum atomic E-state index is -3.84. The molecule has 0 aliphatic heterocycles. The van der Waals surface area contributed by atoms with Gasteiger partial charge in [-0.05, 0) is 47.4 Å². The smallest absolute Gasteiger partial charge is 0.352 e. The molecule has 0 aliphatic rings. The Morgan fingerprint density at radius 2 is 1.67 bits per heavy atom. The molecule has 0 saturated heterocycles. The van der Waals surface area contributed by atoms with Crippen molar-refractivity contribution in [2.75, 3.05) is 4.72 Å². The summed E-state index contributed by atoms with van der Waals surface area (Å²) in [5.41, 5.74) is 2.73. The molecule has 1 aromatic heterocycles. The van der Waals surface area contributed by atoms with E-state index in [0.29, 0.717) is 32.7 Å². The fourth-order valence-electron chi connectivity index (χ4n) is 3.71. The number of aromatic nitrogens is 1. The van der Waals surface area contributed by atoms with Crippen molar-refractivity contribution in [3.8, 4) is 11.1 Å². The topological polar surface area (TPSA) is 99.3 Å². The lowest BCUT2D eigenvalue weighted by Crippen LogP contribution is -2.14. The van der Waals surface area contributed by atoms with Crippen LogP contribution in [0.3, 0.4) is 0 Å². The third-order valence-corrected chi connectivity index (χ3v) is 7.17. The van der Waals surface area contributed by atoms with Gasteiger partial charge in [-0.3, -0.25) is 4.72 Å². The standard InChI is InChI=1S/C25H23ClN2O4S/c1-25(2,3)15-8-11-17(12-9-15)33(31,32)28-16-10-13-21-19(14-16)22(23(27-21)24(29)30)18-6-4-5-7-20(18)26/h4-14,27-28H,1-3H3,(H,29,30). The normalized spacial score (nSPS) is 12.1. The van der Waals surface area contributed by atoms with E-state index in [4.69, 9.17) is 11.6 Å². The van der Waals surface area contributed by atoms with Gasteiger partial charge in [0.1, 0.15) is 5.69 Å². The van der Waals surface area contributed by atoms with E-state index in [9.17, 15) is 18.3 Å². The molecular weight excluding hydrogens is 460 g/mol. The second kappa shape index (κ2) is 8.24. The second-order valence-electron chi connectivity index (χ2n) is 8.80. The van der Waals surface area contributed by atoms with E-state index in [1.54, 1.807) is 66.7 Å². The van der Waals surface area contributed by atoms with Crippen molar-refractivity contribution in [3.63, 3.8) is 0 Å². The van der Waals surface area contributed by atoms with Gasteiger partial charge in [-0.25, -0.2) is 13.2 Å². The van der Waals surface area contributed by atoms with Crippen LogP contribution >= 0.6 is 11.6 Å². The predicted octanol–water partition coefficient (Wildman–Crippen LogP) is 6.28. The number of fused-ring (bicyclic) bond motifs is 1. The summed E-state index contributed by atoms with van der Waals surface area (Å²) in [6, 6.07) is 18.5. The molecule has 0 atom stereocenters. The molecule has 8 heteroatoms. The number of aromatic amines is 1. The number of carbonyl (C=O) groups is 1. The lowest BCUT2D eigenvalue weighted by atomic mass is 9.87. The Morgan fingerprint density at radius 3 is 2.27 bits per heavy atom. The summed E-state index contributed by atoms with van der Waals surface area (Å²) in [5.74, 6) is -1.14. The largest absolute Gasteiger partial charge is 0.477 e. The predicted molar refractivity (Wildman–Crippen MR) is 132 cm³/mol. The fraction of sp³-hybridized carbons (Fsp3) is 0.160. The van der Waals surface area contributed by atoms with Gasteiger partial charge >= 0.3 is 5.97 Å². The highest BCUT2D eigenvalue weighted by Crippen LogP contribution is 2.38. The molecule has 0 amide bonds.